The SMILES string of the molecule is Clc1ccc(-c2noc(-c3sccc3Cl)n2)c(CN2CCCC2)c1. The van der Waals surface area contributed by atoms with Gasteiger partial charge in [-0.25, -0.2) is 0 Å². The van der Waals surface area contributed by atoms with Crippen LogP contribution in [0.15, 0.2) is 34.2 Å². The molecule has 0 spiro atoms. The number of halogens is 2. The highest BCUT2D eigenvalue weighted by Gasteiger charge is 2.19. The predicted octanol–water partition coefficient (Wildman–Crippen LogP) is 5.37. The molecule has 0 N–H and O–H groups in total. The molecule has 0 aliphatic carbocycles. The van der Waals surface area contributed by atoms with E-state index in [2.05, 4.69) is 15.0 Å². The van der Waals surface area contributed by atoms with E-state index in [1.807, 2.05) is 29.6 Å². The zero-order valence-corrected chi connectivity index (χ0v) is 15.2. The summed E-state index contributed by atoms with van der Waals surface area (Å²) in [7, 11) is 0. The summed E-state index contributed by atoms with van der Waals surface area (Å²) in [5, 5.41) is 7.40. The Labute approximate surface area is 154 Å². The summed E-state index contributed by atoms with van der Waals surface area (Å²) < 4.78 is 5.42. The Balaban J connectivity index is 1.68. The van der Waals surface area contributed by atoms with Crippen LogP contribution in [0.1, 0.15) is 18.4 Å². The van der Waals surface area contributed by atoms with E-state index in [9.17, 15) is 0 Å². The maximum atomic E-state index is 6.20. The van der Waals surface area contributed by atoms with Gasteiger partial charge in [-0.2, -0.15) is 4.98 Å². The van der Waals surface area contributed by atoms with Crippen LogP contribution in [-0.2, 0) is 6.54 Å². The van der Waals surface area contributed by atoms with Crippen molar-refractivity contribution >= 4 is 34.5 Å². The Hall–Kier alpha value is -1.40. The van der Waals surface area contributed by atoms with E-state index < -0.39 is 0 Å². The fourth-order valence-electron chi connectivity index (χ4n) is 2.96. The van der Waals surface area contributed by atoms with E-state index in [1.54, 1.807) is 0 Å². The molecule has 2 aromatic heterocycles. The topological polar surface area (TPSA) is 42.2 Å². The third kappa shape index (κ3) is 3.22. The van der Waals surface area contributed by atoms with Crippen LogP contribution in [0, 0.1) is 0 Å². The van der Waals surface area contributed by atoms with Gasteiger partial charge in [0.2, 0.25) is 5.82 Å². The van der Waals surface area contributed by atoms with Crippen LogP contribution in [-0.4, -0.2) is 28.1 Å². The Morgan fingerprint density at radius 3 is 2.75 bits per heavy atom. The molecule has 0 saturated carbocycles. The first kappa shape index (κ1) is 16.1. The van der Waals surface area contributed by atoms with Gasteiger partial charge < -0.3 is 4.52 Å². The lowest BCUT2D eigenvalue weighted by Gasteiger charge is -2.16. The minimum absolute atomic E-state index is 0.451. The van der Waals surface area contributed by atoms with Crippen LogP contribution in [0.2, 0.25) is 10.0 Å². The van der Waals surface area contributed by atoms with Crippen molar-refractivity contribution in [3.05, 3.63) is 45.3 Å². The number of aromatic nitrogens is 2. The number of rotatable bonds is 4. The van der Waals surface area contributed by atoms with E-state index in [1.165, 1.54) is 24.2 Å². The molecule has 0 atom stereocenters. The summed E-state index contributed by atoms with van der Waals surface area (Å²) >= 11 is 13.8. The summed E-state index contributed by atoms with van der Waals surface area (Å²) in [6, 6.07) is 7.63. The molecule has 7 heteroatoms. The van der Waals surface area contributed by atoms with Gasteiger partial charge in [0.25, 0.3) is 5.89 Å². The second-order valence-corrected chi connectivity index (χ2v) is 7.57. The number of nitrogens with zero attached hydrogens (tertiary/aromatic N) is 3. The van der Waals surface area contributed by atoms with Gasteiger partial charge in [-0.05, 0) is 61.1 Å². The fourth-order valence-corrected chi connectivity index (χ4v) is 4.22. The number of hydrogen-bond acceptors (Lipinski definition) is 5. The molecular formula is C17H15Cl2N3OS. The molecule has 1 saturated heterocycles. The quantitative estimate of drug-likeness (QED) is 0.611. The van der Waals surface area contributed by atoms with Crippen LogP contribution in [0.25, 0.3) is 22.2 Å². The highest BCUT2D eigenvalue weighted by atomic mass is 35.5. The monoisotopic (exact) mass is 379 g/mol. The van der Waals surface area contributed by atoms with Crippen molar-refractivity contribution in [2.24, 2.45) is 0 Å². The molecule has 1 fully saturated rings. The summed E-state index contributed by atoms with van der Waals surface area (Å²) in [6.07, 6.45) is 2.50. The van der Waals surface area contributed by atoms with Gasteiger partial charge in [-0.3, -0.25) is 4.90 Å². The molecule has 1 aromatic carbocycles. The van der Waals surface area contributed by atoms with Crippen LogP contribution in [0.4, 0.5) is 0 Å². The van der Waals surface area contributed by atoms with E-state index in [4.69, 9.17) is 27.7 Å². The Morgan fingerprint density at radius 2 is 2.00 bits per heavy atom. The van der Waals surface area contributed by atoms with Crippen molar-refractivity contribution in [1.29, 1.82) is 0 Å². The van der Waals surface area contributed by atoms with Crippen molar-refractivity contribution in [3.63, 3.8) is 0 Å². The van der Waals surface area contributed by atoms with Crippen LogP contribution in [0.3, 0.4) is 0 Å². The van der Waals surface area contributed by atoms with Crippen LogP contribution >= 0.6 is 34.5 Å². The first-order chi connectivity index (χ1) is 11.7. The summed E-state index contributed by atoms with van der Waals surface area (Å²) in [6.45, 7) is 3.09. The Kier molecular flexibility index (Phi) is 4.59. The molecule has 0 amide bonds. The van der Waals surface area contributed by atoms with E-state index in [-0.39, 0.29) is 0 Å². The molecule has 0 radical (unpaired) electrons. The third-order valence-corrected chi connectivity index (χ3v) is 5.70. The molecule has 3 heterocycles. The minimum Gasteiger partial charge on any atom is -0.333 e. The molecule has 3 aromatic rings. The first-order valence-corrected chi connectivity index (χ1v) is 9.42. The molecule has 124 valence electrons. The van der Waals surface area contributed by atoms with Gasteiger partial charge in [-0.15, -0.1) is 11.3 Å². The normalized spacial score (nSPS) is 15.2. The average Bonchev–Trinajstić information content (AvgIpc) is 3.29. The molecule has 1 aliphatic heterocycles. The maximum absolute atomic E-state index is 6.20. The number of thiophene rings is 1. The number of likely N-dealkylation sites (tertiary alicyclic amines) is 1. The molecule has 1 aliphatic rings. The van der Waals surface area contributed by atoms with Gasteiger partial charge in [-0.1, -0.05) is 28.4 Å². The van der Waals surface area contributed by atoms with Crippen LogP contribution in [0.5, 0.6) is 0 Å². The van der Waals surface area contributed by atoms with Crippen LogP contribution < -0.4 is 0 Å². The number of benzene rings is 1. The van der Waals surface area contributed by atoms with E-state index in [0.717, 1.165) is 40.7 Å². The zero-order chi connectivity index (χ0) is 16.5. The van der Waals surface area contributed by atoms with Crippen molar-refractivity contribution in [1.82, 2.24) is 15.0 Å². The van der Waals surface area contributed by atoms with Gasteiger partial charge in [0.05, 0.1) is 5.02 Å². The summed E-state index contributed by atoms with van der Waals surface area (Å²) in [5.41, 5.74) is 2.07. The highest BCUT2D eigenvalue weighted by Crippen LogP contribution is 2.34. The van der Waals surface area contributed by atoms with Gasteiger partial charge in [0.15, 0.2) is 0 Å². The van der Waals surface area contributed by atoms with Crippen molar-refractivity contribution < 1.29 is 4.52 Å². The second kappa shape index (κ2) is 6.84. The van der Waals surface area contributed by atoms with Gasteiger partial charge in [0.1, 0.15) is 4.88 Å². The first-order valence-electron chi connectivity index (χ1n) is 7.79. The summed E-state index contributed by atoms with van der Waals surface area (Å²) in [5.74, 6) is 1.02. The number of hydrogen-bond donors (Lipinski definition) is 0. The molecule has 4 nitrogen and oxygen atoms in total. The van der Waals surface area contributed by atoms with Crippen molar-refractivity contribution in [2.75, 3.05) is 13.1 Å². The van der Waals surface area contributed by atoms with Gasteiger partial charge >= 0.3 is 0 Å². The Bertz CT molecular complexity index is 855. The lowest BCUT2D eigenvalue weighted by molar-refractivity contribution is 0.332. The highest BCUT2D eigenvalue weighted by molar-refractivity contribution is 7.14. The van der Waals surface area contributed by atoms with Crippen molar-refractivity contribution in [3.8, 4) is 22.2 Å². The average molecular weight is 380 g/mol. The second-order valence-electron chi connectivity index (χ2n) is 5.81. The standard InChI is InChI=1S/C17H15Cl2N3OS/c18-12-3-4-13(11(9-12)10-22-6-1-2-7-22)16-20-17(23-21-16)15-14(19)5-8-24-15/h3-5,8-9H,1-2,6-7,10H2. The largest absolute Gasteiger partial charge is 0.333 e. The van der Waals surface area contributed by atoms with E-state index in [0.29, 0.717) is 16.7 Å². The maximum Gasteiger partial charge on any atom is 0.269 e. The van der Waals surface area contributed by atoms with E-state index >= 15 is 0 Å². The minimum atomic E-state index is 0.451. The lowest BCUT2D eigenvalue weighted by atomic mass is 10.1. The van der Waals surface area contributed by atoms with Crippen molar-refractivity contribution in [2.45, 2.75) is 19.4 Å². The molecule has 0 unspecified atom stereocenters. The molecular weight excluding hydrogens is 365 g/mol. The summed E-state index contributed by atoms with van der Waals surface area (Å²) in [4.78, 5) is 7.75. The smallest absolute Gasteiger partial charge is 0.269 e. The fraction of sp³-hybridized carbons (Fsp3) is 0.294. The third-order valence-electron chi connectivity index (χ3n) is 4.14. The molecule has 24 heavy (non-hydrogen) atoms. The lowest BCUT2D eigenvalue weighted by Crippen LogP contribution is -2.18. The molecule has 0 bridgehead atoms. The molecule has 4 rings (SSSR count). The van der Waals surface area contributed by atoms with Gasteiger partial charge in [0, 0.05) is 17.1 Å². The zero-order valence-electron chi connectivity index (χ0n) is 12.8. The predicted molar refractivity (Wildman–Crippen MR) is 97.6 cm³/mol. The Morgan fingerprint density at radius 1 is 1.17 bits per heavy atom.